The van der Waals surface area contributed by atoms with Gasteiger partial charge in [0.15, 0.2) is 0 Å². The highest BCUT2D eigenvalue weighted by molar-refractivity contribution is 6.30. The van der Waals surface area contributed by atoms with Gasteiger partial charge in [-0.05, 0) is 23.3 Å². The lowest BCUT2D eigenvalue weighted by Crippen LogP contribution is -2.24. The summed E-state index contributed by atoms with van der Waals surface area (Å²) in [7, 11) is 0. The summed E-state index contributed by atoms with van der Waals surface area (Å²) in [5, 5.41) is 4.45. The highest BCUT2D eigenvalue weighted by Crippen LogP contribution is 2.24. The van der Waals surface area contributed by atoms with Crippen LogP contribution in [0, 0.1) is 0 Å². The van der Waals surface area contributed by atoms with Gasteiger partial charge < -0.3 is 5.73 Å². The SMILES string of the molecule is NC(=O)NN=Cc1ccccc1-c1ccc(Cl)cc1. The lowest BCUT2D eigenvalue weighted by atomic mass is 10.0. The van der Waals surface area contributed by atoms with Crippen molar-refractivity contribution in [1.82, 2.24) is 5.43 Å². The Morgan fingerprint density at radius 1 is 1.16 bits per heavy atom. The van der Waals surface area contributed by atoms with E-state index < -0.39 is 6.03 Å². The smallest absolute Gasteiger partial charge is 0.332 e. The normalized spacial score (nSPS) is 10.6. The highest BCUT2D eigenvalue weighted by Gasteiger charge is 2.02. The van der Waals surface area contributed by atoms with Gasteiger partial charge in [0.1, 0.15) is 0 Å². The Morgan fingerprint density at radius 2 is 1.84 bits per heavy atom. The lowest BCUT2D eigenvalue weighted by molar-refractivity contribution is 0.249. The molecule has 0 saturated carbocycles. The molecule has 0 radical (unpaired) electrons. The summed E-state index contributed by atoms with van der Waals surface area (Å²) < 4.78 is 0. The molecule has 0 atom stereocenters. The maximum atomic E-state index is 10.6. The summed E-state index contributed by atoms with van der Waals surface area (Å²) in [4.78, 5) is 10.6. The second kappa shape index (κ2) is 6.02. The van der Waals surface area contributed by atoms with E-state index in [-0.39, 0.29) is 0 Å². The predicted octanol–water partition coefficient (Wildman–Crippen LogP) is 3.01. The molecule has 0 fully saturated rings. The number of amides is 2. The average Bonchev–Trinajstić information content (AvgIpc) is 2.40. The molecule has 2 aromatic carbocycles. The van der Waals surface area contributed by atoms with Crippen LogP contribution in [-0.4, -0.2) is 12.2 Å². The van der Waals surface area contributed by atoms with Crippen LogP contribution in [0.25, 0.3) is 11.1 Å². The number of benzene rings is 2. The molecule has 0 bridgehead atoms. The van der Waals surface area contributed by atoms with Crippen LogP contribution in [0.3, 0.4) is 0 Å². The number of nitrogens with zero attached hydrogens (tertiary/aromatic N) is 1. The number of primary amides is 1. The number of urea groups is 1. The van der Waals surface area contributed by atoms with Crippen molar-refractivity contribution in [2.45, 2.75) is 0 Å². The van der Waals surface area contributed by atoms with Crippen LogP contribution >= 0.6 is 11.6 Å². The molecule has 5 heteroatoms. The van der Waals surface area contributed by atoms with Crippen molar-refractivity contribution < 1.29 is 4.79 Å². The molecular formula is C14H12ClN3O. The zero-order chi connectivity index (χ0) is 13.7. The maximum Gasteiger partial charge on any atom is 0.332 e. The van der Waals surface area contributed by atoms with Crippen molar-refractivity contribution in [3.63, 3.8) is 0 Å². The Morgan fingerprint density at radius 3 is 2.53 bits per heavy atom. The third-order valence-corrected chi connectivity index (χ3v) is 2.75. The Labute approximate surface area is 115 Å². The Hall–Kier alpha value is -2.33. The fraction of sp³-hybridized carbons (Fsp3) is 0. The van der Waals surface area contributed by atoms with Gasteiger partial charge in [-0.2, -0.15) is 5.10 Å². The summed E-state index contributed by atoms with van der Waals surface area (Å²) in [5.74, 6) is 0. The molecule has 0 spiro atoms. The minimum Gasteiger partial charge on any atom is -0.350 e. The molecule has 2 amide bonds. The van der Waals surface area contributed by atoms with Crippen molar-refractivity contribution in [3.05, 3.63) is 59.1 Å². The molecule has 2 rings (SSSR count). The van der Waals surface area contributed by atoms with Crippen molar-refractivity contribution in [2.75, 3.05) is 0 Å². The van der Waals surface area contributed by atoms with Crippen molar-refractivity contribution in [3.8, 4) is 11.1 Å². The first-order valence-corrected chi connectivity index (χ1v) is 5.98. The second-order valence-corrected chi connectivity index (χ2v) is 4.26. The molecule has 4 nitrogen and oxygen atoms in total. The van der Waals surface area contributed by atoms with Crippen LogP contribution in [0.1, 0.15) is 5.56 Å². The van der Waals surface area contributed by atoms with E-state index in [0.717, 1.165) is 16.7 Å². The van der Waals surface area contributed by atoms with E-state index in [1.807, 2.05) is 48.5 Å². The summed E-state index contributed by atoms with van der Waals surface area (Å²) >= 11 is 5.87. The maximum absolute atomic E-state index is 10.6. The van der Waals surface area contributed by atoms with Gasteiger partial charge in [-0.25, -0.2) is 10.2 Å². The fourth-order valence-corrected chi connectivity index (χ4v) is 1.79. The molecule has 0 aromatic heterocycles. The molecule has 0 aliphatic rings. The zero-order valence-electron chi connectivity index (χ0n) is 10.0. The molecule has 0 heterocycles. The largest absolute Gasteiger partial charge is 0.350 e. The number of hydrogen-bond acceptors (Lipinski definition) is 2. The topological polar surface area (TPSA) is 67.5 Å². The van der Waals surface area contributed by atoms with E-state index in [1.54, 1.807) is 6.21 Å². The van der Waals surface area contributed by atoms with Gasteiger partial charge in [0.05, 0.1) is 6.21 Å². The third kappa shape index (κ3) is 3.56. The standard InChI is InChI=1S/C14H12ClN3O/c15-12-7-5-10(6-8-12)13-4-2-1-3-11(13)9-17-18-14(16)19/h1-9H,(H3,16,18,19). The first kappa shape index (κ1) is 13.1. The van der Waals surface area contributed by atoms with E-state index in [1.165, 1.54) is 0 Å². The molecular weight excluding hydrogens is 262 g/mol. The molecule has 2 aromatic rings. The first-order valence-electron chi connectivity index (χ1n) is 5.60. The number of hydrazone groups is 1. The fourth-order valence-electron chi connectivity index (χ4n) is 1.67. The van der Waals surface area contributed by atoms with Crippen LogP contribution in [0.5, 0.6) is 0 Å². The molecule has 96 valence electrons. The number of nitrogens with two attached hydrogens (primary N) is 1. The number of rotatable bonds is 3. The molecule has 19 heavy (non-hydrogen) atoms. The zero-order valence-corrected chi connectivity index (χ0v) is 10.8. The van der Waals surface area contributed by atoms with Crippen LogP contribution < -0.4 is 11.2 Å². The lowest BCUT2D eigenvalue weighted by Gasteiger charge is -2.05. The van der Waals surface area contributed by atoms with Gasteiger partial charge >= 0.3 is 6.03 Å². The average molecular weight is 274 g/mol. The quantitative estimate of drug-likeness (QED) is 0.655. The van der Waals surface area contributed by atoms with Crippen molar-refractivity contribution in [1.29, 1.82) is 0 Å². The predicted molar refractivity (Wildman–Crippen MR) is 77.2 cm³/mol. The van der Waals surface area contributed by atoms with E-state index in [9.17, 15) is 4.79 Å². The Balaban J connectivity index is 2.33. The number of hydrogen-bond donors (Lipinski definition) is 2. The molecule has 0 aliphatic carbocycles. The van der Waals surface area contributed by atoms with Crippen LogP contribution in [0.2, 0.25) is 5.02 Å². The Kier molecular flexibility index (Phi) is 4.15. The van der Waals surface area contributed by atoms with Gasteiger partial charge in [-0.15, -0.1) is 0 Å². The Bertz CT molecular complexity index is 608. The van der Waals surface area contributed by atoms with Gasteiger partial charge in [0, 0.05) is 10.6 Å². The summed E-state index contributed by atoms with van der Waals surface area (Å²) in [6.07, 6.45) is 1.55. The van der Waals surface area contributed by atoms with E-state index in [0.29, 0.717) is 5.02 Å². The molecule has 0 aliphatic heterocycles. The number of carbonyl (C=O) groups is 1. The van der Waals surface area contributed by atoms with Crippen LogP contribution in [0.4, 0.5) is 4.79 Å². The summed E-state index contributed by atoms with van der Waals surface area (Å²) in [5.41, 5.74) is 10.0. The first-order chi connectivity index (χ1) is 9.16. The summed E-state index contributed by atoms with van der Waals surface area (Å²) in [6.45, 7) is 0. The van der Waals surface area contributed by atoms with Gasteiger partial charge in [0.25, 0.3) is 0 Å². The van der Waals surface area contributed by atoms with Gasteiger partial charge in [-0.1, -0.05) is 48.0 Å². The van der Waals surface area contributed by atoms with E-state index in [2.05, 4.69) is 10.5 Å². The minimum atomic E-state index is -0.694. The third-order valence-electron chi connectivity index (χ3n) is 2.49. The van der Waals surface area contributed by atoms with Crippen LogP contribution in [0.15, 0.2) is 53.6 Å². The molecule has 0 unspecified atom stereocenters. The highest BCUT2D eigenvalue weighted by atomic mass is 35.5. The monoisotopic (exact) mass is 273 g/mol. The van der Waals surface area contributed by atoms with E-state index in [4.69, 9.17) is 17.3 Å². The van der Waals surface area contributed by atoms with Gasteiger partial charge in [-0.3, -0.25) is 0 Å². The van der Waals surface area contributed by atoms with Crippen LogP contribution in [-0.2, 0) is 0 Å². The second-order valence-electron chi connectivity index (χ2n) is 3.83. The number of halogens is 1. The van der Waals surface area contributed by atoms with Gasteiger partial charge in [0.2, 0.25) is 0 Å². The van der Waals surface area contributed by atoms with E-state index >= 15 is 0 Å². The number of nitrogens with one attached hydrogen (secondary N) is 1. The minimum absolute atomic E-state index is 0.685. The summed E-state index contributed by atoms with van der Waals surface area (Å²) in [6, 6.07) is 14.5. The van der Waals surface area contributed by atoms with Crippen molar-refractivity contribution >= 4 is 23.8 Å². The van der Waals surface area contributed by atoms with Crippen molar-refractivity contribution in [2.24, 2.45) is 10.8 Å². The number of carbonyl (C=O) groups excluding carboxylic acids is 1. The molecule has 0 saturated heterocycles. The molecule has 3 N–H and O–H groups in total.